The Morgan fingerprint density at radius 2 is 1.14 bits per heavy atom. The summed E-state index contributed by atoms with van der Waals surface area (Å²) >= 11 is 0. The number of hydrogen-bond acceptors (Lipinski definition) is 4. The first-order valence-corrected chi connectivity index (χ1v) is 14.0. The Kier molecular flexibility index (Phi) is 6.68. The van der Waals surface area contributed by atoms with Gasteiger partial charge in [0, 0.05) is 11.1 Å². The molecule has 0 N–H and O–H groups in total. The summed E-state index contributed by atoms with van der Waals surface area (Å²) in [6.45, 7) is 0. The third-order valence-corrected chi connectivity index (χ3v) is 7.62. The molecular formula is C38H26N4. The molecular weight excluding hydrogens is 512 g/mol. The second-order valence-electron chi connectivity index (χ2n) is 10.4. The van der Waals surface area contributed by atoms with Crippen LogP contribution in [-0.4, -0.2) is 15.7 Å². The summed E-state index contributed by atoms with van der Waals surface area (Å²) in [6.07, 6.45) is 3.02. The lowest BCUT2D eigenvalue weighted by Gasteiger charge is -2.23. The minimum atomic E-state index is 0.0230. The molecule has 1 aromatic heterocycles. The number of nitriles is 1. The molecule has 1 unspecified atom stereocenters. The zero-order chi connectivity index (χ0) is 28.3. The third-order valence-electron chi connectivity index (χ3n) is 7.62. The van der Waals surface area contributed by atoms with Crippen LogP contribution in [0.15, 0.2) is 145 Å². The first-order chi connectivity index (χ1) is 20.7. The van der Waals surface area contributed by atoms with Crippen molar-refractivity contribution >= 4 is 22.3 Å². The summed E-state index contributed by atoms with van der Waals surface area (Å²) < 4.78 is 0. The summed E-state index contributed by atoms with van der Waals surface area (Å²) in [6, 6.07) is 47.2. The highest BCUT2D eigenvalue weighted by molar-refractivity contribution is 6.13. The first kappa shape index (κ1) is 25.3. The summed E-state index contributed by atoms with van der Waals surface area (Å²) in [5.41, 5.74) is 11.3. The van der Waals surface area contributed by atoms with E-state index >= 15 is 0 Å². The molecule has 0 fully saturated rings. The summed E-state index contributed by atoms with van der Waals surface area (Å²) in [7, 11) is 0. The Morgan fingerprint density at radius 1 is 0.571 bits per heavy atom. The molecule has 1 atom stereocenters. The van der Waals surface area contributed by atoms with Gasteiger partial charge in [0.1, 0.15) is 0 Å². The number of allylic oxidation sites excluding steroid dienone is 1. The van der Waals surface area contributed by atoms with Crippen LogP contribution in [0.1, 0.15) is 34.7 Å². The van der Waals surface area contributed by atoms with Gasteiger partial charge in [-0.15, -0.1) is 0 Å². The number of benzene rings is 5. The van der Waals surface area contributed by atoms with Crippen LogP contribution in [-0.2, 0) is 0 Å². The molecule has 1 aliphatic rings. The van der Waals surface area contributed by atoms with Crippen molar-refractivity contribution in [2.75, 3.05) is 0 Å². The van der Waals surface area contributed by atoms with Crippen molar-refractivity contribution in [1.82, 2.24) is 9.97 Å². The van der Waals surface area contributed by atoms with E-state index in [1.807, 2.05) is 60.7 Å². The van der Waals surface area contributed by atoms with E-state index in [0.29, 0.717) is 5.56 Å². The summed E-state index contributed by atoms with van der Waals surface area (Å²) in [5.74, 6) is 0. The van der Waals surface area contributed by atoms with Gasteiger partial charge in [0.25, 0.3) is 0 Å². The van der Waals surface area contributed by atoms with Crippen molar-refractivity contribution < 1.29 is 0 Å². The lowest BCUT2D eigenvalue weighted by atomic mass is 9.88. The van der Waals surface area contributed by atoms with Gasteiger partial charge < -0.3 is 0 Å². The highest BCUT2D eigenvalue weighted by Gasteiger charge is 2.21. The fourth-order valence-electron chi connectivity index (χ4n) is 5.52. The molecule has 6 aromatic rings. The Morgan fingerprint density at radius 3 is 1.83 bits per heavy atom. The lowest BCUT2D eigenvalue weighted by molar-refractivity contribution is 0.748. The van der Waals surface area contributed by atoms with E-state index in [-0.39, 0.29) is 6.04 Å². The van der Waals surface area contributed by atoms with Crippen molar-refractivity contribution in [3.8, 4) is 28.6 Å². The highest BCUT2D eigenvalue weighted by atomic mass is 14.8. The number of hydrogen-bond donors (Lipinski definition) is 0. The zero-order valence-electron chi connectivity index (χ0n) is 22.9. The maximum atomic E-state index is 9.55. The molecule has 0 spiro atoms. The number of dihydropyridines is 1. The van der Waals surface area contributed by atoms with E-state index in [4.69, 9.17) is 15.0 Å². The van der Waals surface area contributed by atoms with Gasteiger partial charge in [-0.1, -0.05) is 103 Å². The van der Waals surface area contributed by atoms with Crippen molar-refractivity contribution in [3.63, 3.8) is 0 Å². The van der Waals surface area contributed by atoms with Gasteiger partial charge >= 0.3 is 0 Å². The van der Waals surface area contributed by atoms with Gasteiger partial charge in [-0.2, -0.15) is 5.26 Å². The maximum Gasteiger partial charge on any atom is 0.0991 e. The van der Waals surface area contributed by atoms with Gasteiger partial charge in [-0.25, -0.2) is 9.97 Å². The highest BCUT2D eigenvalue weighted by Crippen LogP contribution is 2.37. The average Bonchev–Trinajstić information content (AvgIpc) is 3.08. The minimum absolute atomic E-state index is 0.0230. The molecule has 0 radical (unpaired) electrons. The molecule has 0 aliphatic carbocycles. The number of rotatable bonds is 5. The van der Waals surface area contributed by atoms with Gasteiger partial charge in [0.2, 0.25) is 0 Å². The summed E-state index contributed by atoms with van der Waals surface area (Å²) in [5, 5.41) is 9.55. The van der Waals surface area contributed by atoms with Crippen LogP contribution in [0, 0.1) is 11.3 Å². The normalized spacial score (nSPS) is 14.6. The molecule has 7 rings (SSSR count). The fraction of sp³-hybridized carbons (Fsp3) is 0.0526. The Bertz CT molecular complexity index is 2020. The van der Waals surface area contributed by atoms with E-state index in [9.17, 15) is 5.26 Å². The van der Waals surface area contributed by atoms with Gasteiger partial charge in [-0.3, -0.25) is 4.99 Å². The lowest BCUT2D eigenvalue weighted by Crippen LogP contribution is -2.10. The Hall–Kier alpha value is -5.66. The molecule has 0 amide bonds. The average molecular weight is 539 g/mol. The predicted octanol–water partition coefficient (Wildman–Crippen LogP) is 8.85. The SMILES string of the molecule is N#Cc1cccc(-c2nc3ccccc3nc2-c2cccc(C3=CC(c4ccccc4)=NC(c4ccccc4)C3)c2)c1. The monoisotopic (exact) mass is 538 g/mol. The minimum Gasteiger partial charge on any atom is -0.276 e. The van der Waals surface area contributed by atoms with Crippen LogP contribution < -0.4 is 0 Å². The topological polar surface area (TPSA) is 61.9 Å². The smallest absolute Gasteiger partial charge is 0.0991 e. The quantitative estimate of drug-likeness (QED) is 0.220. The van der Waals surface area contributed by atoms with Gasteiger partial charge in [-0.05, 0) is 65.1 Å². The largest absolute Gasteiger partial charge is 0.276 e. The number of fused-ring (bicyclic) bond motifs is 1. The Balaban J connectivity index is 1.36. The van der Waals surface area contributed by atoms with Crippen LogP contribution in [0.25, 0.3) is 39.1 Å². The second-order valence-corrected chi connectivity index (χ2v) is 10.4. The van der Waals surface area contributed by atoms with E-state index in [1.54, 1.807) is 0 Å². The predicted molar refractivity (Wildman–Crippen MR) is 170 cm³/mol. The van der Waals surface area contributed by atoms with Gasteiger partial charge in [0.15, 0.2) is 0 Å². The summed E-state index contributed by atoms with van der Waals surface area (Å²) in [4.78, 5) is 15.3. The van der Waals surface area contributed by atoms with E-state index in [1.165, 1.54) is 11.1 Å². The van der Waals surface area contributed by atoms with Crippen molar-refractivity contribution in [3.05, 3.63) is 162 Å². The van der Waals surface area contributed by atoms with Gasteiger partial charge in [0.05, 0.1) is 45.8 Å². The van der Waals surface area contributed by atoms with Crippen molar-refractivity contribution in [2.45, 2.75) is 12.5 Å². The molecule has 42 heavy (non-hydrogen) atoms. The standard InChI is InChI=1S/C38H26N4/c39-25-26-11-9-17-30(21-26)37-38(42-34-20-8-7-19-33(34)41-37)31-18-10-16-29(22-31)32-23-35(27-12-3-1-4-13-27)40-36(24-32)28-14-5-2-6-15-28/h1-23,36H,24H2. The number of aromatic nitrogens is 2. The van der Waals surface area contributed by atoms with E-state index in [2.05, 4.69) is 84.9 Å². The number of nitrogens with zero attached hydrogens (tertiary/aromatic N) is 4. The van der Waals surface area contributed by atoms with Crippen LogP contribution >= 0.6 is 0 Å². The molecule has 0 saturated heterocycles. The van der Waals surface area contributed by atoms with Crippen LogP contribution in [0.3, 0.4) is 0 Å². The number of aliphatic imine (C=N–C) groups is 1. The molecule has 2 heterocycles. The Labute approximate surface area is 245 Å². The molecule has 4 heteroatoms. The molecule has 198 valence electrons. The fourth-order valence-corrected chi connectivity index (χ4v) is 5.52. The molecule has 0 saturated carbocycles. The maximum absolute atomic E-state index is 9.55. The van der Waals surface area contributed by atoms with Crippen LogP contribution in [0.5, 0.6) is 0 Å². The molecule has 1 aliphatic heterocycles. The first-order valence-electron chi connectivity index (χ1n) is 14.0. The molecule has 4 nitrogen and oxygen atoms in total. The zero-order valence-corrected chi connectivity index (χ0v) is 22.9. The van der Waals surface area contributed by atoms with E-state index in [0.717, 1.165) is 56.8 Å². The molecule has 5 aromatic carbocycles. The van der Waals surface area contributed by atoms with Crippen molar-refractivity contribution in [2.24, 2.45) is 4.99 Å². The third kappa shape index (κ3) is 5.00. The number of para-hydroxylation sites is 2. The van der Waals surface area contributed by atoms with Crippen LogP contribution in [0.2, 0.25) is 0 Å². The van der Waals surface area contributed by atoms with Crippen LogP contribution in [0.4, 0.5) is 0 Å². The van der Waals surface area contributed by atoms with Crippen molar-refractivity contribution in [1.29, 1.82) is 5.26 Å². The second kappa shape index (κ2) is 11.1. The molecule has 0 bridgehead atoms. The van der Waals surface area contributed by atoms with E-state index < -0.39 is 0 Å².